The molecule has 1 aliphatic rings. The van der Waals surface area contributed by atoms with Gasteiger partial charge in [0.05, 0.1) is 7.11 Å². The summed E-state index contributed by atoms with van der Waals surface area (Å²) in [5, 5.41) is 2.18. The van der Waals surface area contributed by atoms with Crippen molar-refractivity contribution in [2.24, 2.45) is 0 Å². The standard InChI is InChI=1S/C21H20N2O9S.Na/c1-31-21(27)17-16(19(25)23(17)33(28,29)30)22-18(24)15(14-10-6-3-7-11-14)20(26)32-12-13-8-4-2-5-9-13;/h2-11,15-17H,12H2,1H3,(H,22,24)(H,28,29,30);/q;+1/p-1/t15?,16-,17-;/m0./s1. The Morgan fingerprint density at radius 1 is 1.06 bits per heavy atom. The Hall–Kier alpha value is -2.77. The summed E-state index contributed by atoms with van der Waals surface area (Å²) in [7, 11) is -4.40. The monoisotopic (exact) mass is 498 g/mol. The van der Waals surface area contributed by atoms with E-state index in [0.717, 1.165) is 7.11 Å². The van der Waals surface area contributed by atoms with E-state index >= 15 is 0 Å². The maximum Gasteiger partial charge on any atom is 1.00 e. The van der Waals surface area contributed by atoms with Crippen LogP contribution >= 0.6 is 0 Å². The molecule has 13 heteroatoms. The summed E-state index contributed by atoms with van der Waals surface area (Å²) in [5.41, 5.74) is 0.914. The van der Waals surface area contributed by atoms with Crippen molar-refractivity contribution in [1.82, 2.24) is 9.62 Å². The van der Waals surface area contributed by atoms with Crippen LogP contribution in [0.3, 0.4) is 0 Å². The average molecular weight is 498 g/mol. The summed E-state index contributed by atoms with van der Waals surface area (Å²) in [6.07, 6.45) is 0. The zero-order valence-corrected chi connectivity index (χ0v) is 21.1. The number of methoxy groups -OCH3 is 1. The van der Waals surface area contributed by atoms with E-state index in [-0.39, 0.29) is 46.0 Å². The van der Waals surface area contributed by atoms with Crippen LogP contribution in [0.15, 0.2) is 60.7 Å². The molecule has 2 aromatic rings. The zero-order valence-electron chi connectivity index (χ0n) is 18.2. The minimum absolute atomic E-state index is 0. The summed E-state index contributed by atoms with van der Waals surface area (Å²) < 4.78 is 43.5. The van der Waals surface area contributed by atoms with Gasteiger partial charge in [-0.1, -0.05) is 60.7 Å². The molecule has 1 unspecified atom stereocenters. The second-order valence-electron chi connectivity index (χ2n) is 6.98. The minimum Gasteiger partial charge on any atom is -0.731 e. The molecule has 0 radical (unpaired) electrons. The van der Waals surface area contributed by atoms with Crippen LogP contribution in [0.5, 0.6) is 0 Å². The smallest absolute Gasteiger partial charge is 0.731 e. The van der Waals surface area contributed by atoms with E-state index in [1.54, 1.807) is 48.5 Å². The van der Waals surface area contributed by atoms with Crippen LogP contribution in [-0.4, -0.2) is 60.2 Å². The van der Waals surface area contributed by atoms with Gasteiger partial charge in [-0.25, -0.2) is 17.5 Å². The summed E-state index contributed by atoms with van der Waals surface area (Å²) in [4.78, 5) is 50.0. The fourth-order valence-corrected chi connectivity index (χ4v) is 4.11. The molecular weight excluding hydrogens is 479 g/mol. The van der Waals surface area contributed by atoms with Crippen molar-refractivity contribution >= 4 is 34.1 Å². The molecule has 2 aromatic carbocycles. The molecule has 2 amide bonds. The maximum atomic E-state index is 13.0. The second kappa shape index (κ2) is 11.6. The van der Waals surface area contributed by atoms with Crippen LogP contribution < -0.4 is 34.9 Å². The van der Waals surface area contributed by atoms with Gasteiger partial charge in [-0.3, -0.25) is 14.4 Å². The van der Waals surface area contributed by atoms with Crippen molar-refractivity contribution in [2.75, 3.05) is 7.11 Å². The van der Waals surface area contributed by atoms with E-state index in [4.69, 9.17) is 4.74 Å². The molecule has 0 spiro atoms. The third kappa shape index (κ3) is 6.02. The van der Waals surface area contributed by atoms with Crippen molar-refractivity contribution < 1.29 is 71.2 Å². The molecule has 34 heavy (non-hydrogen) atoms. The molecule has 11 nitrogen and oxygen atoms in total. The van der Waals surface area contributed by atoms with Gasteiger partial charge in [0.25, 0.3) is 5.91 Å². The Kier molecular flexibility index (Phi) is 9.36. The first-order chi connectivity index (χ1) is 15.6. The Bertz CT molecular complexity index is 1160. The number of nitrogens with zero attached hydrogens (tertiary/aromatic N) is 1. The van der Waals surface area contributed by atoms with Crippen LogP contribution in [0.4, 0.5) is 0 Å². The summed E-state index contributed by atoms with van der Waals surface area (Å²) in [6, 6.07) is 12.9. The van der Waals surface area contributed by atoms with Gasteiger partial charge in [0, 0.05) is 0 Å². The number of esters is 2. The van der Waals surface area contributed by atoms with Crippen molar-refractivity contribution in [1.29, 1.82) is 0 Å². The predicted octanol–water partition coefficient (Wildman–Crippen LogP) is -3.15. The molecule has 1 aliphatic heterocycles. The number of benzene rings is 2. The van der Waals surface area contributed by atoms with Gasteiger partial charge in [-0.05, 0) is 11.1 Å². The molecular formula is C21H19N2NaO9S. The van der Waals surface area contributed by atoms with Crippen molar-refractivity contribution in [2.45, 2.75) is 24.6 Å². The predicted molar refractivity (Wildman–Crippen MR) is 110 cm³/mol. The number of carbonyl (C=O) groups excluding carboxylic acids is 4. The van der Waals surface area contributed by atoms with E-state index in [1.165, 1.54) is 12.1 Å². The van der Waals surface area contributed by atoms with Crippen LogP contribution in [0, 0.1) is 0 Å². The third-order valence-corrected chi connectivity index (χ3v) is 5.78. The number of ether oxygens (including phenoxy) is 2. The molecule has 174 valence electrons. The molecule has 3 rings (SSSR count). The number of β-lactam (4-membered cyclic amide) rings is 1. The third-order valence-electron chi connectivity index (χ3n) is 4.89. The molecule has 3 atom stereocenters. The van der Waals surface area contributed by atoms with Crippen LogP contribution in [0.1, 0.15) is 17.0 Å². The summed E-state index contributed by atoms with van der Waals surface area (Å²) in [6.45, 7) is -0.119. The average Bonchev–Trinajstić information content (AvgIpc) is 2.79. The Labute approximate surface area is 217 Å². The van der Waals surface area contributed by atoms with E-state index in [0.29, 0.717) is 5.56 Å². The van der Waals surface area contributed by atoms with E-state index < -0.39 is 52.1 Å². The number of nitrogens with one attached hydrogen (secondary N) is 1. The van der Waals surface area contributed by atoms with Crippen LogP contribution in [0.2, 0.25) is 0 Å². The molecule has 1 N–H and O–H groups in total. The summed E-state index contributed by atoms with van der Waals surface area (Å²) in [5.74, 6) is -6.02. The molecule has 1 fully saturated rings. The first-order valence-corrected chi connectivity index (χ1v) is 10.9. The van der Waals surface area contributed by atoms with Crippen LogP contribution in [-0.2, 0) is 45.6 Å². The van der Waals surface area contributed by atoms with Crippen molar-refractivity contribution in [3.63, 3.8) is 0 Å². The zero-order chi connectivity index (χ0) is 24.2. The molecule has 1 heterocycles. The Morgan fingerprint density at radius 3 is 2.15 bits per heavy atom. The molecule has 0 aromatic heterocycles. The fraction of sp³-hybridized carbons (Fsp3) is 0.238. The largest absolute Gasteiger partial charge is 1.00 e. The number of amides is 2. The molecule has 0 aliphatic carbocycles. The van der Waals surface area contributed by atoms with Gasteiger partial charge in [-0.15, -0.1) is 0 Å². The number of carbonyl (C=O) groups is 4. The van der Waals surface area contributed by atoms with Crippen molar-refractivity contribution in [3.8, 4) is 0 Å². The maximum absolute atomic E-state index is 13.0. The fourth-order valence-electron chi connectivity index (χ4n) is 3.29. The van der Waals surface area contributed by atoms with Crippen molar-refractivity contribution in [3.05, 3.63) is 71.8 Å². The quantitative estimate of drug-likeness (QED) is 0.130. The molecule has 0 saturated carbocycles. The Balaban J connectivity index is 0.00000408. The van der Waals surface area contributed by atoms with Gasteiger partial charge in [0.1, 0.15) is 12.6 Å². The second-order valence-corrected chi connectivity index (χ2v) is 8.23. The van der Waals surface area contributed by atoms with Gasteiger partial charge in [0.15, 0.2) is 22.3 Å². The number of hydrogen-bond donors (Lipinski definition) is 1. The van der Waals surface area contributed by atoms with Gasteiger partial charge < -0.3 is 19.3 Å². The van der Waals surface area contributed by atoms with Gasteiger partial charge >= 0.3 is 41.5 Å². The SMILES string of the molecule is COC(=O)[C@@H]1[C@H](NC(=O)C(C(=O)OCc2ccccc2)c2ccccc2)C(=O)N1S(=O)(=O)[O-].[Na+]. The normalized spacial score (nSPS) is 18.1. The van der Waals surface area contributed by atoms with Gasteiger partial charge in [0.2, 0.25) is 5.91 Å². The first kappa shape index (κ1) is 27.5. The molecule has 0 bridgehead atoms. The molecule has 1 saturated heterocycles. The first-order valence-electron chi connectivity index (χ1n) is 9.58. The topological polar surface area (TPSA) is 159 Å². The van der Waals surface area contributed by atoms with E-state index in [1.807, 2.05) is 0 Å². The number of hydrogen-bond acceptors (Lipinski definition) is 9. The van der Waals surface area contributed by atoms with E-state index in [9.17, 15) is 32.1 Å². The van der Waals surface area contributed by atoms with Gasteiger partial charge in [-0.2, -0.15) is 0 Å². The number of rotatable bonds is 8. The minimum atomic E-state index is -5.33. The Morgan fingerprint density at radius 2 is 1.62 bits per heavy atom. The van der Waals surface area contributed by atoms with Crippen LogP contribution in [0.25, 0.3) is 0 Å². The summed E-state index contributed by atoms with van der Waals surface area (Å²) >= 11 is 0. The van der Waals surface area contributed by atoms with E-state index in [2.05, 4.69) is 10.1 Å².